The van der Waals surface area contributed by atoms with Crippen LogP contribution in [0.15, 0.2) is 29.0 Å². The zero-order chi connectivity index (χ0) is 10.8. The van der Waals surface area contributed by atoms with Crippen molar-refractivity contribution >= 4 is 34.2 Å². The van der Waals surface area contributed by atoms with E-state index in [1.165, 1.54) is 18.5 Å². The summed E-state index contributed by atoms with van der Waals surface area (Å²) in [4.78, 5) is 3.98. The Hall–Kier alpha value is -0.620. The van der Waals surface area contributed by atoms with E-state index >= 15 is 0 Å². The van der Waals surface area contributed by atoms with E-state index in [4.69, 9.17) is 16.0 Å². The van der Waals surface area contributed by atoms with Gasteiger partial charge in [0.15, 0.2) is 12.2 Å². The lowest BCUT2D eigenvalue weighted by Gasteiger charge is -2.01. The van der Waals surface area contributed by atoms with Gasteiger partial charge in [0.2, 0.25) is 0 Å². The van der Waals surface area contributed by atoms with Gasteiger partial charge in [0, 0.05) is 9.13 Å². The molecule has 15 heavy (non-hydrogen) atoms. The normalized spacial score (nSPS) is 10.6. The van der Waals surface area contributed by atoms with E-state index in [0.29, 0.717) is 11.5 Å². The first-order chi connectivity index (χ1) is 7.22. The number of hydrogen-bond acceptors (Lipinski definition) is 2. The van der Waals surface area contributed by atoms with Crippen LogP contribution in [0.2, 0.25) is 0 Å². The van der Waals surface area contributed by atoms with Crippen LogP contribution in [0.25, 0.3) is 11.3 Å². The summed E-state index contributed by atoms with van der Waals surface area (Å²) in [6, 6.07) is 4.49. The summed E-state index contributed by atoms with van der Waals surface area (Å²) in [5.74, 6) is 0.615. The lowest BCUT2D eigenvalue weighted by atomic mass is 10.1. The van der Waals surface area contributed by atoms with Gasteiger partial charge in [-0.25, -0.2) is 9.37 Å². The van der Waals surface area contributed by atoms with Gasteiger partial charge in [-0.2, -0.15) is 0 Å². The van der Waals surface area contributed by atoms with Gasteiger partial charge in [-0.05, 0) is 40.8 Å². The van der Waals surface area contributed by atoms with Gasteiger partial charge in [0.25, 0.3) is 0 Å². The van der Waals surface area contributed by atoms with E-state index in [1.54, 1.807) is 6.07 Å². The van der Waals surface area contributed by atoms with Crippen molar-refractivity contribution in [2.24, 2.45) is 0 Å². The fraction of sp³-hybridized carbons (Fsp3) is 0.100. The van der Waals surface area contributed by atoms with Crippen LogP contribution >= 0.6 is 34.2 Å². The first kappa shape index (κ1) is 10.9. The SMILES string of the molecule is Fc1ccc(-c2ocnc2CCl)c(I)c1. The smallest absolute Gasteiger partial charge is 0.181 e. The molecule has 0 fully saturated rings. The first-order valence-electron chi connectivity index (χ1n) is 4.16. The van der Waals surface area contributed by atoms with Crippen molar-refractivity contribution in [3.63, 3.8) is 0 Å². The molecule has 0 spiro atoms. The average Bonchev–Trinajstić information content (AvgIpc) is 2.65. The van der Waals surface area contributed by atoms with Crippen molar-refractivity contribution in [1.29, 1.82) is 0 Å². The van der Waals surface area contributed by atoms with E-state index in [2.05, 4.69) is 4.98 Å². The van der Waals surface area contributed by atoms with Gasteiger partial charge < -0.3 is 4.42 Å². The Bertz CT molecular complexity index is 486. The molecule has 2 aromatic rings. The molecule has 1 heterocycles. The summed E-state index contributed by atoms with van der Waals surface area (Å²) in [6.45, 7) is 0. The zero-order valence-electron chi connectivity index (χ0n) is 7.51. The lowest BCUT2D eigenvalue weighted by Crippen LogP contribution is -1.87. The third kappa shape index (κ3) is 2.15. The van der Waals surface area contributed by atoms with Crippen LogP contribution in [-0.4, -0.2) is 4.98 Å². The molecular formula is C10H6ClFINO. The minimum absolute atomic E-state index is 0.268. The third-order valence-corrected chi connectivity index (χ3v) is 3.09. The number of hydrogen-bond donors (Lipinski definition) is 0. The number of benzene rings is 1. The van der Waals surface area contributed by atoms with Crippen molar-refractivity contribution in [2.45, 2.75) is 5.88 Å². The Morgan fingerprint density at radius 1 is 1.47 bits per heavy atom. The second kappa shape index (κ2) is 4.49. The Kier molecular flexibility index (Phi) is 3.25. The van der Waals surface area contributed by atoms with Gasteiger partial charge in [0.1, 0.15) is 11.5 Å². The number of oxazole rings is 1. The van der Waals surface area contributed by atoms with Gasteiger partial charge in [-0.3, -0.25) is 0 Å². The van der Waals surface area contributed by atoms with Crippen molar-refractivity contribution in [3.05, 3.63) is 39.7 Å². The molecule has 1 aromatic carbocycles. The highest BCUT2D eigenvalue weighted by Gasteiger charge is 2.13. The van der Waals surface area contributed by atoms with E-state index in [0.717, 1.165) is 9.13 Å². The molecule has 0 radical (unpaired) electrons. The minimum Gasteiger partial charge on any atom is -0.443 e. The van der Waals surface area contributed by atoms with Crippen LogP contribution < -0.4 is 0 Å². The Balaban J connectivity index is 2.54. The second-order valence-corrected chi connectivity index (χ2v) is 4.32. The summed E-state index contributed by atoms with van der Waals surface area (Å²) in [6.07, 6.45) is 1.34. The summed E-state index contributed by atoms with van der Waals surface area (Å²) in [5.41, 5.74) is 1.48. The van der Waals surface area contributed by atoms with Crippen molar-refractivity contribution in [2.75, 3.05) is 0 Å². The zero-order valence-corrected chi connectivity index (χ0v) is 10.4. The summed E-state index contributed by atoms with van der Waals surface area (Å²) >= 11 is 7.76. The molecule has 0 unspecified atom stereocenters. The number of halogens is 3. The van der Waals surface area contributed by atoms with E-state index in [1.807, 2.05) is 22.6 Å². The van der Waals surface area contributed by atoms with Crippen LogP contribution in [0, 0.1) is 9.39 Å². The number of alkyl halides is 1. The molecule has 78 valence electrons. The lowest BCUT2D eigenvalue weighted by molar-refractivity contribution is 0.570. The maximum Gasteiger partial charge on any atom is 0.181 e. The fourth-order valence-electron chi connectivity index (χ4n) is 1.26. The second-order valence-electron chi connectivity index (χ2n) is 2.89. The molecule has 2 nitrogen and oxygen atoms in total. The summed E-state index contributed by atoms with van der Waals surface area (Å²) in [5, 5.41) is 0. The molecule has 0 aliphatic heterocycles. The monoisotopic (exact) mass is 337 g/mol. The standard InChI is InChI=1S/C10H6ClFINO/c11-4-9-10(15-5-14-9)7-2-1-6(12)3-8(7)13/h1-3,5H,4H2. The number of aromatic nitrogens is 1. The number of rotatable bonds is 2. The van der Waals surface area contributed by atoms with E-state index in [-0.39, 0.29) is 11.7 Å². The topological polar surface area (TPSA) is 26.0 Å². The van der Waals surface area contributed by atoms with Crippen LogP contribution in [0.5, 0.6) is 0 Å². The van der Waals surface area contributed by atoms with Crippen LogP contribution in [0.1, 0.15) is 5.69 Å². The molecule has 0 amide bonds. The molecule has 0 saturated heterocycles. The quantitative estimate of drug-likeness (QED) is 0.615. The molecule has 0 aliphatic carbocycles. The molecule has 0 atom stereocenters. The minimum atomic E-state index is -0.268. The van der Waals surface area contributed by atoms with Crippen molar-refractivity contribution in [3.8, 4) is 11.3 Å². The van der Waals surface area contributed by atoms with Crippen molar-refractivity contribution in [1.82, 2.24) is 4.98 Å². The van der Waals surface area contributed by atoms with Crippen molar-refractivity contribution < 1.29 is 8.81 Å². The molecule has 5 heteroatoms. The molecule has 1 aromatic heterocycles. The number of nitrogens with zero attached hydrogens (tertiary/aromatic N) is 1. The van der Waals surface area contributed by atoms with Crippen LogP contribution in [0.3, 0.4) is 0 Å². The van der Waals surface area contributed by atoms with Crippen LogP contribution in [0.4, 0.5) is 4.39 Å². The van der Waals surface area contributed by atoms with Gasteiger partial charge in [-0.15, -0.1) is 11.6 Å². The van der Waals surface area contributed by atoms with Gasteiger partial charge >= 0.3 is 0 Å². The maximum atomic E-state index is 12.9. The summed E-state index contributed by atoms with van der Waals surface area (Å²) < 4.78 is 18.9. The molecule has 0 aliphatic rings. The average molecular weight is 338 g/mol. The van der Waals surface area contributed by atoms with Crippen LogP contribution in [-0.2, 0) is 5.88 Å². The van der Waals surface area contributed by atoms with Gasteiger partial charge in [0.05, 0.1) is 5.88 Å². The maximum absolute atomic E-state index is 12.9. The third-order valence-electron chi connectivity index (χ3n) is 1.94. The molecule has 0 saturated carbocycles. The molecule has 0 N–H and O–H groups in total. The predicted octanol–water partition coefficient (Wildman–Crippen LogP) is 3.82. The summed E-state index contributed by atoms with van der Waals surface area (Å²) in [7, 11) is 0. The van der Waals surface area contributed by atoms with E-state index < -0.39 is 0 Å². The van der Waals surface area contributed by atoms with E-state index in [9.17, 15) is 4.39 Å². The molecule has 0 bridgehead atoms. The Labute approximate surface area is 105 Å². The fourth-order valence-corrected chi connectivity index (χ4v) is 2.17. The Morgan fingerprint density at radius 2 is 2.27 bits per heavy atom. The highest BCUT2D eigenvalue weighted by molar-refractivity contribution is 14.1. The van der Waals surface area contributed by atoms with Gasteiger partial charge in [-0.1, -0.05) is 0 Å². The highest BCUT2D eigenvalue weighted by atomic mass is 127. The first-order valence-corrected chi connectivity index (χ1v) is 5.77. The highest BCUT2D eigenvalue weighted by Crippen LogP contribution is 2.29. The molecular weight excluding hydrogens is 331 g/mol. The molecule has 2 rings (SSSR count). The largest absolute Gasteiger partial charge is 0.443 e. The predicted molar refractivity (Wildman–Crippen MR) is 64.2 cm³/mol. The Morgan fingerprint density at radius 3 is 2.93 bits per heavy atom.